The van der Waals surface area contributed by atoms with Crippen LogP contribution in [0.25, 0.3) is 11.0 Å². The fourth-order valence-corrected chi connectivity index (χ4v) is 2.04. The Labute approximate surface area is 112 Å². The zero-order valence-electron chi connectivity index (χ0n) is 10.5. The van der Waals surface area contributed by atoms with E-state index in [1.165, 1.54) is 0 Å². The van der Waals surface area contributed by atoms with Gasteiger partial charge in [0.2, 0.25) is 0 Å². The van der Waals surface area contributed by atoms with Crippen LogP contribution in [0.1, 0.15) is 13.8 Å². The number of nitrogens with zero attached hydrogens (tertiary/aromatic N) is 3. The van der Waals surface area contributed by atoms with E-state index in [9.17, 15) is 0 Å². The first-order valence-electron chi connectivity index (χ1n) is 5.92. The van der Waals surface area contributed by atoms with Crippen molar-refractivity contribution in [2.24, 2.45) is 0 Å². The Bertz CT molecular complexity index is 549. The molecule has 0 saturated carbocycles. The van der Waals surface area contributed by atoms with Crippen molar-refractivity contribution in [1.82, 2.24) is 14.9 Å². The SMILES string of the molecule is CCN(CC)C(=S)Oc1cccc2nccnc12. The number of thiocarbonyl (C=S) groups is 1. The smallest absolute Gasteiger partial charge is 0.264 e. The van der Waals surface area contributed by atoms with Gasteiger partial charge in [-0.25, -0.2) is 4.98 Å². The van der Waals surface area contributed by atoms with E-state index in [1.54, 1.807) is 12.4 Å². The highest BCUT2D eigenvalue weighted by Crippen LogP contribution is 2.22. The van der Waals surface area contributed by atoms with E-state index in [0.717, 1.165) is 24.1 Å². The second-order valence-corrected chi connectivity index (χ2v) is 4.07. The molecule has 0 fully saturated rings. The Morgan fingerprint density at radius 3 is 2.67 bits per heavy atom. The molecule has 1 aromatic carbocycles. The lowest BCUT2D eigenvalue weighted by molar-refractivity contribution is 0.380. The largest absolute Gasteiger partial charge is 0.429 e. The van der Waals surface area contributed by atoms with Crippen LogP contribution in [-0.2, 0) is 0 Å². The molecule has 0 bridgehead atoms. The molecule has 0 N–H and O–H groups in total. The summed E-state index contributed by atoms with van der Waals surface area (Å²) in [5, 5.41) is 0.471. The third-order valence-corrected chi connectivity index (χ3v) is 3.02. The normalized spacial score (nSPS) is 10.3. The summed E-state index contributed by atoms with van der Waals surface area (Å²) in [6, 6.07) is 5.64. The molecule has 1 aromatic heterocycles. The van der Waals surface area contributed by atoms with Crippen LogP contribution < -0.4 is 4.74 Å². The van der Waals surface area contributed by atoms with Crippen molar-refractivity contribution in [1.29, 1.82) is 0 Å². The lowest BCUT2D eigenvalue weighted by atomic mass is 10.3. The van der Waals surface area contributed by atoms with Crippen molar-refractivity contribution in [2.45, 2.75) is 13.8 Å². The van der Waals surface area contributed by atoms with Gasteiger partial charge in [0.15, 0.2) is 5.75 Å². The van der Waals surface area contributed by atoms with E-state index in [0.29, 0.717) is 10.9 Å². The number of hydrogen-bond donors (Lipinski definition) is 0. The van der Waals surface area contributed by atoms with E-state index in [4.69, 9.17) is 17.0 Å². The van der Waals surface area contributed by atoms with Gasteiger partial charge in [0.1, 0.15) is 5.52 Å². The molecule has 0 aliphatic heterocycles. The van der Waals surface area contributed by atoms with Crippen LogP contribution in [-0.4, -0.2) is 33.1 Å². The van der Waals surface area contributed by atoms with Crippen molar-refractivity contribution in [3.63, 3.8) is 0 Å². The molecule has 0 aliphatic rings. The second kappa shape index (κ2) is 5.73. The standard InChI is InChI=1S/C13H15N3OS/c1-3-16(4-2)13(18)17-11-7-5-6-10-12(11)15-9-8-14-10/h5-9H,3-4H2,1-2H3. The molecule has 0 atom stereocenters. The van der Waals surface area contributed by atoms with Gasteiger partial charge in [-0.3, -0.25) is 4.98 Å². The van der Waals surface area contributed by atoms with Gasteiger partial charge in [-0.15, -0.1) is 0 Å². The number of para-hydroxylation sites is 1. The summed E-state index contributed by atoms with van der Waals surface area (Å²) >= 11 is 5.27. The molecular weight excluding hydrogens is 246 g/mol. The lowest BCUT2D eigenvalue weighted by Crippen LogP contribution is -2.32. The Balaban J connectivity index is 2.29. The van der Waals surface area contributed by atoms with Crippen LogP contribution in [0.5, 0.6) is 5.75 Å². The van der Waals surface area contributed by atoms with Crippen LogP contribution in [0.3, 0.4) is 0 Å². The number of benzene rings is 1. The first-order valence-corrected chi connectivity index (χ1v) is 6.33. The van der Waals surface area contributed by atoms with Crippen LogP contribution in [0, 0.1) is 0 Å². The number of aromatic nitrogens is 2. The fourth-order valence-electron chi connectivity index (χ4n) is 1.69. The summed E-state index contributed by atoms with van der Waals surface area (Å²) in [6.07, 6.45) is 3.31. The number of rotatable bonds is 3. The molecule has 1 heterocycles. The quantitative estimate of drug-likeness (QED) is 0.794. The molecule has 2 rings (SSSR count). The van der Waals surface area contributed by atoms with Crippen molar-refractivity contribution in [3.05, 3.63) is 30.6 Å². The molecule has 4 nitrogen and oxygen atoms in total. The maximum atomic E-state index is 5.73. The van der Waals surface area contributed by atoms with Crippen LogP contribution >= 0.6 is 12.2 Å². The fraction of sp³-hybridized carbons (Fsp3) is 0.308. The van der Waals surface area contributed by atoms with Crippen molar-refractivity contribution < 1.29 is 4.74 Å². The van der Waals surface area contributed by atoms with Gasteiger partial charge in [-0.2, -0.15) is 0 Å². The first kappa shape index (κ1) is 12.7. The van der Waals surface area contributed by atoms with Crippen LogP contribution in [0.15, 0.2) is 30.6 Å². The Kier molecular flexibility index (Phi) is 4.04. The number of hydrogen-bond acceptors (Lipinski definition) is 4. The zero-order valence-corrected chi connectivity index (χ0v) is 11.3. The van der Waals surface area contributed by atoms with Crippen molar-refractivity contribution in [2.75, 3.05) is 13.1 Å². The highest BCUT2D eigenvalue weighted by Gasteiger charge is 2.10. The van der Waals surface area contributed by atoms with Crippen molar-refractivity contribution in [3.8, 4) is 5.75 Å². The minimum atomic E-state index is 0.471. The molecule has 0 amide bonds. The summed E-state index contributed by atoms with van der Waals surface area (Å²) in [4.78, 5) is 10.5. The first-order chi connectivity index (χ1) is 8.76. The minimum Gasteiger partial charge on any atom is -0.429 e. The van der Waals surface area contributed by atoms with Gasteiger partial charge in [-0.1, -0.05) is 6.07 Å². The average Bonchev–Trinajstić information content (AvgIpc) is 2.40. The van der Waals surface area contributed by atoms with Crippen molar-refractivity contribution >= 4 is 28.4 Å². The molecule has 0 unspecified atom stereocenters. The van der Waals surface area contributed by atoms with Gasteiger partial charge in [0.25, 0.3) is 5.17 Å². The predicted octanol–water partition coefficient (Wildman–Crippen LogP) is 2.64. The van der Waals surface area contributed by atoms with E-state index in [1.807, 2.05) is 36.9 Å². The van der Waals surface area contributed by atoms with Gasteiger partial charge in [-0.05, 0) is 38.2 Å². The number of ether oxygens (including phenoxy) is 1. The van der Waals surface area contributed by atoms with Gasteiger partial charge >= 0.3 is 0 Å². The monoisotopic (exact) mass is 261 g/mol. The molecule has 0 radical (unpaired) electrons. The van der Waals surface area contributed by atoms with Crippen LogP contribution in [0.2, 0.25) is 0 Å². The molecule has 18 heavy (non-hydrogen) atoms. The summed E-state index contributed by atoms with van der Waals surface area (Å²) in [7, 11) is 0. The summed E-state index contributed by atoms with van der Waals surface area (Å²) < 4.78 is 5.73. The van der Waals surface area contributed by atoms with Gasteiger partial charge in [0.05, 0.1) is 5.52 Å². The maximum Gasteiger partial charge on any atom is 0.264 e. The topological polar surface area (TPSA) is 38.2 Å². The Morgan fingerprint density at radius 2 is 1.94 bits per heavy atom. The van der Waals surface area contributed by atoms with E-state index in [2.05, 4.69) is 9.97 Å². The maximum absolute atomic E-state index is 5.73. The van der Waals surface area contributed by atoms with E-state index in [-0.39, 0.29) is 0 Å². The molecule has 0 aliphatic carbocycles. The molecular formula is C13H15N3OS. The zero-order chi connectivity index (χ0) is 13.0. The van der Waals surface area contributed by atoms with Gasteiger partial charge in [0, 0.05) is 25.5 Å². The second-order valence-electron chi connectivity index (χ2n) is 3.72. The third kappa shape index (κ3) is 2.56. The molecule has 2 aromatic rings. The molecule has 94 valence electrons. The lowest BCUT2D eigenvalue weighted by Gasteiger charge is -2.21. The average molecular weight is 261 g/mol. The summed E-state index contributed by atoms with van der Waals surface area (Å²) in [5.41, 5.74) is 1.53. The summed E-state index contributed by atoms with van der Waals surface area (Å²) in [6.45, 7) is 5.74. The minimum absolute atomic E-state index is 0.471. The summed E-state index contributed by atoms with van der Waals surface area (Å²) in [5.74, 6) is 0.650. The van der Waals surface area contributed by atoms with Gasteiger partial charge < -0.3 is 9.64 Å². The molecule has 5 heteroatoms. The Morgan fingerprint density at radius 1 is 1.22 bits per heavy atom. The molecule has 0 saturated heterocycles. The third-order valence-electron chi connectivity index (χ3n) is 2.68. The van der Waals surface area contributed by atoms with E-state index < -0.39 is 0 Å². The number of fused-ring (bicyclic) bond motifs is 1. The van der Waals surface area contributed by atoms with E-state index >= 15 is 0 Å². The Hall–Kier alpha value is -1.75. The molecule has 0 spiro atoms. The van der Waals surface area contributed by atoms with Crippen LogP contribution in [0.4, 0.5) is 0 Å². The highest BCUT2D eigenvalue weighted by molar-refractivity contribution is 7.80. The highest BCUT2D eigenvalue weighted by atomic mass is 32.1. The predicted molar refractivity (Wildman–Crippen MR) is 75.7 cm³/mol.